The van der Waals surface area contributed by atoms with Crippen LogP contribution in [0.1, 0.15) is 11.1 Å². The van der Waals surface area contributed by atoms with Crippen molar-refractivity contribution in [3.05, 3.63) is 59.7 Å². The first-order valence-corrected chi connectivity index (χ1v) is 7.82. The van der Waals surface area contributed by atoms with Crippen LogP contribution in [-0.4, -0.2) is 26.5 Å². The van der Waals surface area contributed by atoms with Gasteiger partial charge >= 0.3 is 6.36 Å². The van der Waals surface area contributed by atoms with Gasteiger partial charge in [0, 0.05) is 25.7 Å². The number of hydrogen-bond donors (Lipinski definition) is 2. The summed E-state index contributed by atoms with van der Waals surface area (Å²) < 4.78 is 46.5. The van der Waals surface area contributed by atoms with Gasteiger partial charge in [-0.05, 0) is 23.8 Å². The highest BCUT2D eigenvalue weighted by atomic mass is 19.4. The number of nitrogens with zero attached hydrogens (tertiary/aromatic N) is 1. The van der Waals surface area contributed by atoms with E-state index < -0.39 is 6.36 Å². The first kappa shape index (κ1) is 19.4. The van der Waals surface area contributed by atoms with Gasteiger partial charge in [-0.15, -0.1) is 13.2 Å². The molecule has 0 saturated carbocycles. The molecule has 140 valence electrons. The number of alkyl halides is 3. The van der Waals surface area contributed by atoms with Crippen LogP contribution < -0.4 is 20.1 Å². The first-order chi connectivity index (χ1) is 12.4. The molecule has 2 aromatic rings. The highest BCUT2D eigenvalue weighted by Crippen LogP contribution is 2.26. The Bertz CT molecular complexity index is 731. The zero-order chi connectivity index (χ0) is 19.0. The van der Waals surface area contributed by atoms with E-state index in [4.69, 9.17) is 4.74 Å². The van der Waals surface area contributed by atoms with Gasteiger partial charge in [0.05, 0.1) is 7.11 Å². The van der Waals surface area contributed by atoms with E-state index in [1.54, 1.807) is 26.3 Å². The van der Waals surface area contributed by atoms with Crippen molar-refractivity contribution in [3.8, 4) is 11.5 Å². The van der Waals surface area contributed by atoms with Crippen LogP contribution in [-0.2, 0) is 13.1 Å². The van der Waals surface area contributed by atoms with Crippen molar-refractivity contribution in [2.45, 2.75) is 19.5 Å². The Morgan fingerprint density at radius 1 is 1.00 bits per heavy atom. The molecule has 0 atom stereocenters. The van der Waals surface area contributed by atoms with E-state index >= 15 is 0 Å². The average molecular weight is 367 g/mol. The summed E-state index contributed by atoms with van der Waals surface area (Å²) >= 11 is 0. The Hall–Kier alpha value is -2.90. The standard InChI is InChI=1S/C18H20F3N3O2/c1-22-17(23-11-13-7-9-15(25-2)10-8-13)24-12-14-5-3-4-6-16(14)26-18(19,20)21/h3-10H,11-12H2,1-2H3,(H2,22,23,24). The highest BCUT2D eigenvalue weighted by molar-refractivity contribution is 5.79. The summed E-state index contributed by atoms with van der Waals surface area (Å²) in [5, 5.41) is 6.07. The van der Waals surface area contributed by atoms with Gasteiger partial charge in [0.25, 0.3) is 0 Å². The van der Waals surface area contributed by atoms with E-state index in [2.05, 4.69) is 20.4 Å². The van der Waals surface area contributed by atoms with Crippen LogP contribution in [0.3, 0.4) is 0 Å². The van der Waals surface area contributed by atoms with Crippen LogP contribution in [0.15, 0.2) is 53.5 Å². The molecule has 2 rings (SSSR count). The minimum atomic E-state index is -4.73. The van der Waals surface area contributed by atoms with Crippen molar-refractivity contribution in [2.75, 3.05) is 14.2 Å². The normalized spacial score (nSPS) is 11.8. The Kier molecular flexibility index (Phi) is 6.71. The third-order valence-corrected chi connectivity index (χ3v) is 3.49. The van der Waals surface area contributed by atoms with Crippen molar-refractivity contribution in [1.82, 2.24) is 10.6 Å². The van der Waals surface area contributed by atoms with Crippen LogP contribution in [0.4, 0.5) is 13.2 Å². The quantitative estimate of drug-likeness (QED) is 0.607. The molecular weight excluding hydrogens is 347 g/mol. The van der Waals surface area contributed by atoms with Crippen LogP contribution >= 0.6 is 0 Å². The largest absolute Gasteiger partial charge is 0.573 e. The van der Waals surface area contributed by atoms with Gasteiger partial charge in [-0.1, -0.05) is 30.3 Å². The van der Waals surface area contributed by atoms with Crippen molar-refractivity contribution in [3.63, 3.8) is 0 Å². The van der Waals surface area contributed by atoms with Crippen molar-refractivity contribution in [2.24, 2.45) is 4.99 Å². The molecule has 0 aliphatic carbocycles. The highest BCUT2D eigenvalue weighted by Gasteiger charge is 2.31. The summed E-state index contributed by atoms with van der Waals surface area (Å²) in [7, 11) is 3.18. The fourth-order valence-electron chi connectivity index (χ4n) is 2.20. The van der Waals surface area contributed by atoms with Gasteiger partial charge in [0.2, 0.25) is 0 Å². The monoisotopic (exact) mass is 367 g/mol. The lowest BCUT2D eigenvalue weighted by Gasteiger charge is -2.15. The number of aliphatic imine (C=N–C) groups is 1. The maximum Gasteiger partial charge on any atom is 0.573 e. The molecule has 0 spiro atoms. The van der Waals surface area contributed by atoms with E-state index in [-0.39, 0.29) is 12.3 Å². The molecule has 8 heteroatoms. The fraction of sp³-hybridized carbons (Fsp3) is 0.278. The van der Waals surface area contributed by atoms with Crippen LogP contribution in [0, 0.1) is 0 Å². The SMILES string of the molecule is CN=C(NCc1ccc(OC)cc1)NCc1ccccc1OC(F)(F)F. The summed E-state index contributed by atoms with van der Waals surface area (Å²) in [6.07, 6.45) is -4.73. The molecule has 0 heterocycles. The lowest BCUT2D eigenvalue weighted by Crippen LogP contribution is -2.36. The molecule has 2 aromatic carbocycles. The van der Waals surface area contributed by atoms with E-state index in [0.717, 1.165) is 11.3 Å². The fourth-order valence-corrected chi connectivity index (χ4v) is 2.20. The van der Waals surface area contributed by atoms with Crippen molar-refractivity contribution < 1.29 is 22.6 Å². The second-order valence-corrected chi connectivity index (χ2v) is 5.28. The van der Waals surface area contributed by atoms with E-state index in [1.165, 1.54) is 12.1 Å². The smallest absolute Gasteiger partial charge is 0.497 e. The average Bonchev–Trinajstić information content (AvgIpc) is 2.62. The third-order valence-electron chi connectivity index (χ3n) is 3.49. The van der Waals surface area contributed by atoms with E-state index in [0.29, 0.717) is 18.1 Å². The number of hydrogen-bond acceptors (Lipinski definition) is 3. The number of methoxy groups -OCH3 is 1. The molecule has 26 heavy (non-hydrogen) atoms. The zero-order valence-corrected chi connectivity index (χ0v) is 14.4. The lowest BCUT2D eigenvalue weighted by molar-refractivity contribution is -0.274. The van der Waals surface area contributed by atoms with Gasteiger partial charge in [0.1, 0.15) is 11.5 Å². The van der Waals surface area contributed by atoms with Gasteiger partial charge in [-0.25, -0.2) is 0 Å². The third kappa shape index (κ3) is 6.19. The number of ether oxygens (including phenoxy) is 2. The van der Waals surface area contributed by atoms with Gasteiger partial charge in [-0.2, -0.15) is 0 Å². The predicted octanol–water partition coefficient (Wildman–Crippen LogP) is 3.46. The minimum absolute atomic E-state index is 0.133. The number of nitrogens with one attached hydrogen (secondary N) is 2. The molecule has 0 aliphatic heterocycles. The Balaban J connectivity index is 1.92. The molecule has 0 aromatic heterocycles. The summed E-state index contributed by atoms with van der Waals surface area (Å²) in [6, 6.07) is 13.5. The van der Waals surface area contributed by atoms with E-state index in [1.807, 2.05) is 24.3 Å². The van der Waals surface area contributed by atoms with E-state index in [9.17, 15) is 13.2 Å². The number of benzene rings is 2. The van der Waals surface area contributed by atoms with Crippen molar-refractivity contribution in [1.29, 1.82) is 0 Å². The molecule has 5 nitrogen and oxygen atoms in total. The lowest BCUT2D eigenvalue weighted by atomic mass is 10.2. The first-order valence-electron chi connectivity index (χ1n) is 7.82. The molecule has 0 unspecified atom stereocenters. The topological polar surface area (TPSA) is 54.9 Å². The molecule has 0 fully saturated rings. The summed E-state index contributed by atoms with van der Waals surface area (Å²) in [6.45, 7) is 0.638. The Labute approximate surface area is 149 Å². The number of rotatable bonds is 6. The van der Waals surface area contributed by atoms with Crippen LogP contribution in [0.5, 0.6) is 11.5 Å². The van der Waals surface area contributed by atoms with Crippen molar-refractivity contribution >= 4 is 5.96 Å². The molecule has 0 radical (unpaired) electrons. The Morgan fingerprint density at radius 2 is 1.65 bits per heavy atom. The summed E-state index contributed by atoms with van der Waals surface area (Å²) in [5.41, 5.74) is 1.38. The number of halogens is 3. The van der Waals surface area contributed by atoms with Gasteiger partial charge in [0.15, 0.2) is 5.96 Å². The second kappa shape index (κ2) is 8.98. The predicted molar refractivity (Wildman–Crippen MR) is 93.2 cm³/mol. The number of guanidine groups is 1. The maximum absolute atomic E-state index is 12.5. The van der Waals surface area contributed by atoms with Crippen LogP contribution in [0.2, 0.25) is 0 Å². The summed E-state index contributed by atoms with van der Waals surface area (Å²) in [5.74, 6) is 0.985. The van der Waals surface area contributed by atoms with Gasteiger partial charge in [-0.3, -0.25) is 4.99 Å². The number of para-hydroxylation sites is 1. The second-order valence-electron chi connectivity index (χ2n) is 5.28. The molecule has 0 amide bonds. The molecule has 0 bridgehead atoms. The van der Waals surface area contributed by atoms with Crippen LogP contribution in [0.25, 0.3) is 0 Å². The molecule has 0 aliphatic rings. The molecule has 2 N–H and O–H groups in total. The molecule has 0 saturated heterocycles. The Morgan fingerprint density at radius 3 is 2.27 bits per heavy atom. The minimum Gasteiger partial charge on any atom is -0.497 e. The summed E-state index contributed by atoms with van der Waals surface area (Å²) in [4.78, 5) is 4.06. The maximum atomic E-state index is 12.5. The van der Waals surface area contributed by atoms with Gasteiger partial charge < -0.3 is 20.1 Å². The molecular formula is C18H20F3N3O2. The zero-order valence-electron chi connectivity index (χ0n) is 14.4.